The fourth-order valence-corrected chi connectivity index (χ4v) is 5.95. The third-order valence-corrected chi connectivity index (χ3v) is 7.76. The fourth-order valence-electron chi connectivity index (χ4n) is 5.76. The molecule has 1 unspecified atom stereocenters. The summed E-state index contributed by atoms with van der Waals surface area (Å²) >= 11 is 6.29. The minimum Gasteiger partial charge on any atom is -0.618 e. The summed E-state index contributed by atoms with van der Waals surface area (Å²) in [6.45, 7) is 0.726. The number of amides is 1. The summed E-state index contributed by atoms with van der Waals surface area (Å²) in [5, 5.41) is 23.7. The Bertz CT molecular complexity index is 1120. The number of fused-ring (bicyclic) bond motifs is 2. The Hall–Kier alpha value is -2.84. The third-order valence-electron chi connectivity index (χ3n) is 7.52. The SMILES string of the molecule is O=C(O)[C@H]1CN(C2c3ccc(Cl)cc3CCc3ccc[n+]([O-])c32)CCN1C(=O)OC1CCCCC1. The molecule has 2 aromatic rings. The molecule has 1 aromatic heterocycles. The number of rotatable bonds is 3. The molecule has 1 N–H and O–H groups in total. The van der Waals surface area contributed by atoms with E-state index < -0.39 is 24.1 Å². The van der Waals surface area contributed by atoms with E-state index in [0.29, 0.717) is 23.7 Å². The van der Waals surface area contributed by atoms with E-state index in [4.69, 9.17) is 16.3 Å². The zero-order valence-corrected chi connectivity index (χ0v) is 20.3. The lowest BCUT2D eigenvalue weighted by molar-refractivity contribution is -0.617. The molecule has 186 valence electrons. The van der Waals surface area contributed by atoms with Gasteiger partial charge in [0, 0.05) is 36.3 Å². The number of aryl methyl sites for hydroxylation is 2. The van der Waals surface area contributed by atoms with Crippen LogP contribution in [0.1, 0.15) is 60.5 Å². The second kappa shape index (κ2) is 10.0. The van der Waals surface area contributed by atoms with E-state index in [1.54, 1.807) is 6.07 Å². The van der Waals surface area contributed by atoms with Crippen molar-refractivity contribution in [2.24, 2.45) is 0 Å². The van der Waals surface area contributed by atoms with Gasteiger partial charge in [0.05, 0.1) is 0 Å². The fraction of sp³-hybridized carbons (Fsp3) is 0.500. The van der Waals surface area contributed by atoms with Crippen molar-refractivity contribution in [2.45, 2.75) is 63.1 Å². The molecule has 8 nitrogen and oxygen atoms in total. The number of aromatic nitrogens is 1. The van der Waals surface area contributed by atoms with E-state index in [1.807, 2.05) is 29.2 Å². The van der Waals surface area contributed by atoms with E-state index in [0.717, 1.165) is 59.9 Å². The molecule has 35 heavy (non-hydrogen) atoms. The zero-order chi connectivity index (χ0) is 24.5. The first-order valence-corrected chi connectivity index (χ1v) is 12.7. The van der Waals surface area contributed by atoms with Crippen LogP contribution in [0.4, 0.5) is 4.79 Å². The molecule has 2 aliphatic carbocycles. The summed E-state index contributed by atoms with van der Waals surface area (Å²) in [5.74, 6) is -1.08. The highest BCUT2D eigenvalue weighted by molar-refractivity contribution is 6.30. The predicted octanol–water partition coefficient (Wildman–Crippen LogP) is 3.70. The average Bonchev–Trinajstić information content (AvgIpc) is 3.01. The van der Waals surface area contributed by atoms with Crippen molar-refractivity contribution < 1.29 is 24.2 Å². The number of carboxylic acid groups (broad SMARTS) is 1. The monoisotopic (exact) mass is 499 g/mol. The van der Waals surface area contributed by atoms with Crippen molar-refractivity contribution in [1.82, 2.24) is 9.80 Å². The number of nitrogens with zero attached hydrogens (tertiary/aromatic N) is 3. The van der Waals surface area contributed by atoms with Gasteiger partial charge >= 0.3 is 12.1 Å². The second-order valence-electron chi connectivity index (χ2n) is 9.68. The molecular weight excluding hydrogens is 470 g/mol. The number of ether oxygens (including phenoxy) is 1. The largest absolute Gasteiger partial charge is 0.618 e. The number of carbonyl (C=O) groups excluding carboxylic acids is 1. The van der Waals surface area contributed by atoms with Crippen molar-refractivity contribution in [2.75, 3.05) is 19.6 Å². The van der Waals surface area contributed by atoms with Gasteiger partial charge in [-0.2, -0.15) is 4.73 Å². The van der Waals surface area contributed by atoms with Gasteiger partial charge in [-0.25, -0.2) is 9.59 Å². The molecule has 1 saturated carbocycles. The van der Waals surface area contributed by atoms with Crippen LogP contribution in [0.3, 0.4) is 0 Å². The molecule has 1 aromatic carbocycles. The second-order valence-corrected chi connectivity index (χ2v) is 10.1. The van der Waals surface area contributed by atoms with Crippen molar-refractivity contribution in [1.29, 1.82) is 0 Å². The first kappa shape index (κ1) is 23.9. The number of aliphatic carboxylic acids is 1. The standard InChI is InChI=1S/C26H30ClN3O5/c27-19-10-11-21-18(15-19)9-8-17-5-4-12-30(34)23(17)24(21)28-13-14-29(22(16-28)25(31)32)26(33)35-20-6-2-1-3-7-20/h4-5,10-12,15,20,22,24H,1-3,6-9,13-14,16H2,(H,31,32)/t22-,24?/m1/s1. The zero-order valence-electron chi connectivity index (χ0n) is 19.6. The smallest absolute Gasteiger partial charge is 0.410 e. The Kier molecular flexibility index (Phi) is 6.84. The normalized spacial score (nSPS) is 23.2. The lowest BCUT2D eigenvalue weighted by Crippen LogP contribution is -2.60. The Morgan fingerprint density at radius 3 is 2.63 bits per heavy atom. The summed E-state index contributed by atoms with van der Waals surface area (Å²) in [4.78, 5) is 28.6. The minimum atomic E-state index is -1.08. The van der Waals surface area contributed by atoms with Gasteiger partial charge in [0.2, 0.25) is 5.69 Å². The maximum absolute atomic E-state index is 13.0. The van der Waals surface area contributed by atoms with Gasteiger partial charge in [0.15, 0.2) is 6.20 Å². The molecule has 2 heterocycles. The number of carbonyl (C=O) groups is 2. The Balaban J connectivity index is 1.45. The topological polar surface area (TPSA) is 97.0 Å². The van der Waals surface area contributed by atoms with E-state index in [1.165, 1.54) is 11.1 Å². The predicted molar refractivity (Wildman–Crippen MR) is 129 cm³/mol. The Labute approximate surface area is 209 Å². The first-order valence-electron chi connectivity index (χ1n) is 12.4. The van der Waals surface area contributed by atoms with Gasteiger partial charge in [-0.1, -0.05) is 24.1 Å². The van der Waals surface area contributed by atoms with E-state index >= 15 is 0 Å². The molecule has 0 bridgehead atoms. The van der Waals surface area contributed by atoms with Crippen molar-refractivity contribution in [3.05, 3.63) is 69.1 Å². The van der Waals surface area contributed by atoms with Crippen LogP contribution in [0.25, 0.3) is 0 Å². The van der Waals surface area contributed by atoms with Crippen LogP contribution in [0.5, 0.6) is 0 Å². The van der Waals surface area contributed by atoms with Crippen LogP contribution in [0.15, 0.2) is 36.5 Å². The molecule has 9 heteroatoms. The number of piperazine rings is 1. The van der Waals surface area contributed by atoms with Crippen LogP contribution in [-0.2, 0) is 22.4 Å². The number of carboxylic acids is 1. The number of halogens is 1. The van der Waals surface area contributed by atoms with E-state index in [2.05, 4.69) is 0 Å². The van der Waals surface area contributed by atoms with Gasteiger partial charge in [-0.15, -0.1) is 0 Å². The van der Waals surface area contributed by atoms with Crippen molar-refractivity contribution in [3.8, 4) is 0 Å². The highest BCUT2D eigenvalue weighted by Gasteiger charge is 2.43. The number of benzene rings is 1. The van der Waals surface area contributed by atoms with Crippen LogP contribution in [-0.4, -0.2) is 58.7 Å². The minimum absolute atomic E-state index is 0.0934. The van der Waals surface area contributed by atoms with Crippen LogP contribution < -0.4 is 4.73 Å². The van der Waals surface area contributed by atoms with Gasteiger partial charge < -0.3 is 15.1 Å². The molecule has 1 saturated heterocycles. The summed E-state index contributed by atoms with van der Waals surface area (Å²) in [7, 11) is 0. The maximum Gasteiger partial charge on any atom is 0.410 e. The van der Waals surface area contributed by atoms with E-state index in [9.17, 15) is 19.9 Å². The van der Waals surface area contributed by atoms with Gasteiger partial charge in [-0.05, 0) is 67.9 Å². The van der Waals surface area contributed by atoms with E-state index in [-0.39, 0.29) is 19.2 Å². The van der Waals surface area contributed by atoms with Crippen molar-refractivity contribution in [3.63, 3.8) is 0 Å². The number of hydrogen-bond acceptors (Lipinski definition) is 5. The highest BCUT2D eigenvalue weighted by atomic mass is 35.5. The van der Waals surface area contributed by atoms with Crippen LogP contribution >= 0.6 is 11.6 Å². The first-order chi connectivity index (χ1) is 16.9. The van der Waals surface area contributed by atoms with Crippen LogP contribution in [0, 0.1) is 5.21 Å². The third kappa shape index (κ3) is 4.82. The van der Waals surface area contributed by atoms with Crippen molar-refractivity contribution >= 4 is 23.7 Å². The maximum atomic E-state index is 13.0. The van der Waals surface area contributed by atoms with Gasteiger partial charge in [0.1, 0.15) is 18.2 Å². The van der Waals surface area contributed by atoms with Crippen LogP contribution in [0.2, 0.25) is 5.02 Å². The number of hydrogen-bond donors (Lipinski definition) is 1. The Morgan fingerprint density at radius 2 is 1.86 bits per heavy atom. The molecule has 5 rings (SSSR count). The molecule has 2 atom stereocenters. The highest BCUT2D eigenvalue weighted by Crippen LogP contribution is 2.37. The molecular formula is C26H30ClN3O5. The summed E-state index contributed by atoms with van der Waals surface area (Å²) in [6.07, 6.45) is 7.04. The molecule has 1 aliphatic heterocycles. The summed E-state index contributed by atoms with van der Waals surface area (Å²) in [6, 6.07) is 7.87. The molecule has 1 amide bonds. The number of pyridine rings is 1. The van der Waals surface area contributed by atoms with Gasteiger partial charge in [-0.3, -0.25) is 9.80 Å². The summed E-state index contributed by atoms with van der Waals surface area (Å²) < 4.78 is 6.59. The van der Waals surface area contributed by atoms with Gasteiger partial charge in [0.25, 0.3) is 0 Å². The molecule has 3 aliphatic rings. The molecule has 0 spiro atoms. The quantitative estimate of drug-likeness (QED) is 0.511. The Morgan fingerprint density at radius 1 is 1.09 bits per heavy atom. The lowest BCUT2D eigenvalue weighted by Gasteiger charge is -2.42. The average molecular weight is 500 g/mol. The lowest BCUT2D eigenvalue weighted by atomic mass is 9.95. The molecule has 0 radical (unpaired) electrons. The summed E-state index contributed by atoms with van der Waals surface area (Å²) in [5.41, 5.74) is 3.54. The molecule has 2 fully saturated rings.